The Balaban J connectivity index is 2.63. The predicted octanol–water partition coefficient (Wildman–Crippen LogP) is 2.82. The van der Waals surface area contributed by atoms with Gasteiger partial charge in [-0.3, -0.25) is 9.59 Å². The van der Waals surface area contributed by atoms with Crippen LogP contribution in [-0.2, 0) is 9.59 Å². The van der Waals surface area contributed by atoms with Gasteiger partial charge in [0.05, 0.1) is 0 Å². The maximum absolute atomic E-state index is 11.7. The third-order valence-corrected chi connectivity index (χ3v) is 4.02. The fourth-order valence-corrected chi connectivity index (χ4v) is 2.59. The molecular weight excluding hydrogens is 256 g/mol. The molecule has 1 aliphatic carbocycles. The SMILES string of the molecule is CC1=CC=C(c2ccccc2)C(C(=O)O)C1(C)C(=O)O. The fourth-order valence-electron chi connectivity index (χ4n) is 2.59. The van der Waals surface area contributed by atoms with Gasteiger partial charge in [-0.25, -0.2) is 0 Å². The maximum atomic E-state index is 11.7. The van der Waals surface area contributed by atoms with Gasteiger partial charge in [-0.1, -0.05) is 48.1 Å². The third kappa shape index (κ3) is 2.03. The zero-order valence-electron chi connectivity index (χ0n) is 11.3. The van der Waals surface area contributed by atoms with Crippen LogP contribution < -0.4 is 0 Å². The quantitative estimate of drug-likeness (QED) is 0.887. The molecule has 0 aliphatic heterocycles. The Morgan fingerprint density at radius 1 is 1.10 bits per heavy atom. The van der Waals surface area contributed by atoms with Crippen LogP contribution in [0, 0.1) is 11.3 Å². The van der Waals surface area contributed by atoms with Gasteiger partial charge in [0.1, 0.15) is 11.3 Å². The van der Waals surface area contributed by atoms with Crippen LogP contribution in [0.5, 0.6) is 0 Å². The Morgan fingerprint density at radius 3 is 2.20 bits per heavy atom. The minimum atomic E-state index is -1.44. The fraction of sp³-hybridized carbons (Fsp3) is 0.250. The lowest BCUT2D eigenvalue weighted by Gasteiger charge is -2.36. The van der Waals surface area contributed by atoms with Crippen LogP contribution in [0.15, 0.2) is 48.1 Å². The molecular formula is C16H16O4. The molecule has 0 radical (unpaired) electrons. The molecule has 1 aromatic rings. The molecule has 0 heterocycles. The maximum Gasteiger partial charge on any atom is 0.314 e. The molecule has 2 rings (SSSR count). The van der Waals surface area contributed by atoms with Crippen molar-refractivity contribution < 1.29 is 19.8 Å². The second kappa shape index (κ2) is 4.96. The van der Waals surface area contributed by atoms with Crippen molar-refractivity contribution in [3.05, 3.63) is 53.6 Å². The molecule has 1 aliphatic rings. The zero-order chi connectivity index (χ0) is 14.9. The standard InChI is InChI=1S/C16H16O4/c1-10-8-9-12(11-6-4-3-5-7-11)13(14(17)18)16(10,2)15(19)20/h3-9,13H,1-2H3,(H,17,18)(H,19,20). The molecule has 0 spiro atoms. The number of carbonyl (C=O) groups is 2. The summed E-state index contributed by atoms with van der Waals surface area (Å²) in [7, 11) is 0. The van der Waals surface area contributed by atoms with E-state index in [9.17, 15) is 19.8 Å². The van der Waals surface area contributed by atoms with Gasteiger partial charge in [-0.15, -0.1) is 0 Å². The smallest absolute Gasteiger partial charge is 0.314 e. The Bertz CT molecular complexity index is 613. The van der Waals surface area contributed by atoms with Gasteiger partial charge in [-0.05, 0) is 25.0 Å². The number of carboxylic acid groups (broad SMARTS) is 2. The molecule has 1 aromatic carbocycles. The minimum Gasteiger partial charge on any atom is -0.481 e. The number of hydrogen-bond acceptors (Lipinski definition) is 2. The van der Waals surface area contributed by atoms with Crippen molar-refractivity contribution in [1.29, 1.82) is 0 Å². The Hall–Kier alpha value is -2.36. The van der Waals surface area contributed by atoms with Crippen molar-refractivity contribution in [3.8, 4) is 0 Å². The van der Waals surface area contributed by atoms with E-state index in [0.29, 0.717) is 11.1 Å². The molecule has 20 heavy (non-hydrogen) atoms. The van der Waals surface area contributed by atoms with Gasteiger partial charge >= 0.3 is 11.9 Å². The van der Waals surface area contributed by atoms with Gasteiger partial charge in [0, 0.05) is 0 Å². The van der Waals surface area contributed by atoms with Crippen LogP contribution in [0.2, 0.25) is 0 Å². The molecule has 2 N–H and O–H groups in total. The lowest BCUT2D eigenvalue weighted by molar-refractivity contribution is -0.156. The number of hydrogen-bond donors (Lipinski definition) is 2. The van der Waals surface area contributed by atoms with Crippen molar-refractivity contribution in [1.82, 2.24) is 0 Å². The van der Waals surface area contributed by atoms with E-state index < -0.39 is 23.3 Å². The summed E-state index contributed by atoms with van der Waals surface area (Å²) in [5, 5.41) is 19.1. The van der Waals surface area contributed by atoms with Crippen LogP contribution in [0.3, 0.4) is 0 Å². The third-order valence-electron chi connectivity index (χ3n) is 4.02. The Morgan fingerprint density at radius 2 is 1.70 bits per heavy atom. The van der Waals surface area contributed by atoms with Crippen LogP contribution in [-0.4, -0.2) is 22.2 Å². The molecule has 104 valence electrons. The lowest BCUT2D eigenvalue weighted by Crippen LogP contribution is -2.43. The topological polar surface area (TPSA) is 74.6 Å². The van der Waals surface area contributed by atoms with Crippen molar-refractivity contribution in [2.24, 2.45) is 11.3 Å². The van der Waals surface area contributed by atoms with Crippen molar-refractivity contribution in [2.75, 3.05) is 0 Å². The molecule has 0 saturated carbocycles. The summed E-state index contributed by atoms with van der Waals surface area (Å²) < 4.78 is 0. The second-order valence-corrected chi connectivity index (χ2v) is 5.12. The summed E-state index contributed by atoms with van der Waals surface area (Å²) in [6.07, 6.45) is 3.39. The molecule has 0 amide bonds. The number of benzene rings is 1. The van der Waals surface area contributed by atoms with Gasteiger partial charge in [-0.2, -0.15) is 0 Å². The molecule has 0 aromatic heterocycles. The van der Waals surface area contributed by atoms with E-state index >= 15 is 0 Å². The highest BCUT2D eigenvalue weighted by Gasteiger charge is 2.50. The van der Waals surface area contributed by atoms with Crippen molar-refractivity contribution in [3.63, 3.8) is 0 Å². The first kappa shape index (κ1) is 14.1. The average Bonchev–Trinajstić information content (AvgIpc) is 2.42. The largest absolute Gasteiger partial charge is 0.481 e. The highest BCUT2D eigenvalue weighted by atomic mass is 16.4. The van der Waals surface area contributed by atoms with E-state index in [1.807, 2.05) is 6.07 Å². The van der Waals surface area contributed by atoms with Crippen LogP contribution in [0.4, 0.5) is 0 Å². The molecule has 4 nitrogen and oxygen atoms in total. The molecule has 2 atom stereocenters. The Labute approximate surface area is 117 Å². The zero-order valence-corrected chi connectivity index (χ0v) is 11.3. The summed E-state index contributed by atoms with van der Waals surface area (Å²) in [6, 6.07) is 9.02. The summed E-state index contributed by atoms with van der Waals surface area (Å²) in [4.78, 5) is 23.3. The van der Waals surface area contributed by atoms with Gasteiger partial charge in [0.25, 0.3) is 0 Å². The molecule has 0 bridgehead atoms. The van der Waals surface area contributed by atoms with Crippen LogP contribution >= 0.6 is 0 Å². The van der Waals surface area contributed by atoms with Gasteiger partial charge in [0.2, 0.25) is 0 Å². The summed E-state index contributed by atoms with van der Waals surface area (Å²) in [6.45, 7) is 3.12. The van der Waals surface area contributed by atoms with Crippen molar-refractivity contribution in [2.45, 2.75) is 13.8 Å². The number of allylic oxidation sites excluding steroid dienone is 2. The first-order valence-electron chi connectivity index (χ1n) is 6.29. The number of carboxylic acids is 2. The summed E-state index contributed by atoms with van der Waals surface area (Å²) in [5.74, 6) is -3.36. The first-order chi connectivity index (χ1) is 9.39. The normalized spacial score (nSPS) is 25.6. The second-order valence-electron chi connectivity index (χ2n) is 5.12. The van der Waals surface area contributed by atoms with E-state index in [1.165, 1.54) is 6.92 Å². The monoisotopic (exact) mass is 272 g/mol. The molecule has 4 heteroatoms. The number of rotatable bonds is 3. The molecule has 0 fully saturated rings. The van der Waals surface area contributed by atoms with E-state index in [1.54, 1.807) is 43.3 Å². The summed E-state index contributed by atoms with van der Waals surface area (Å²) in [5.41, 5.74) is 0.355. The summed E-state index contributed by atoms with van der Waals surface area (Å²) >= 11 is 0. The average molecular weight is 272 g/mol. The number of aliphatic carboxylic acids is 2. The van der Waals surface area contributed by atoms with Crippen molar-refractivity contribution >= 4 is 17.5 Å². The molecule has 2 unspecified atom stereocenters. The van der Waals surface area contributed by atoms with Crippen LogP contribution in [0.25, 0.3) is 5.57 Å². The van der Waals surface area contributed by atoms with E-state index in [4.69, 9.17) is 0 Å². The predicted molar refractivity (Wildman–Crippen MR) is 75.0 cm³/mol. The lowest BCUT2D eigenvalue weighted by atomic mass is 9.65. The van der Waals surface area contributed by atoms with Crippen LogP contribution in [0.1, 0.15) is 19.4 Å². The first-order valence-corrected chi connectivity index (χ1v) is 6.29. The van der Waals surface area contributed by atoms with E-state index in [0.717, 1.165) is 5.56 Å². The van der Waals surface area contributed by atoms with E-state index in [-0.39, 0.29) is 0 Å². The highest BCUT2D eigenvalue weighted by Crippen LogP contribution is 2.46. The minimum absolute atomic E-state index is 0.522. The molecule has 0 saturated heterocycles. The van der Waals surface area contributed by atoms with Gasteiger partial charge < -0.3 is 10.2 Å². The van der Waals surface area contributed by atoms with E-state index in [2.05, 4.69) is 0 Å². The van der Waals surface area contributed by atoms with Gasteiger partial charge in [0.15, 0.2) is 0 Å². The highest BCUT2D eigenvalue weighted by molar-refractivity contribution is 5.97. The Kier molecular flexibility index (Phi) is 3.49.